The molecule has 42 heavy (non-hydrogen) atoms. The summed E-state index contributed by atoms with van der Waals surface area (Å²) in [5.74, 6) is 0.519. The van der Waals surface area contributed by atoms with Crippen molar-refractivity contribution in [3.63, 3.8) is 0 Å². The highest BCUT2D eigenvalue weighted by atomic mass is 35.5. The molecule has 3 heterocycles. The number of nitrogens with zero attached hydrogens (tertiary/aromatic N) is 5. The first-order chi connectivity index (χ1) is 20.4. The molecule has 1 saturated heterocycles. The van der Waals surface area contributed by atoms with Gasteiger partial charge in [0, 0.05) is 36.9 Å². The number of nitrogens with one attached hydrogen (secondary N) is 1. The summed E-state index contributed by atoms with van der Waals surface area (Å²) in [5.41, 5.74) is 1.30. The van der Waals surface area contributed by atoms with Crippen LogP contribution in [0.25, 0.3) is 15.9 Å². The lowest BCUT2D eigenvalue weighted by Gasteiger charge is -2.29. The van der Waals surface area contributed by atoms with Crippen molar-refractivity contribution in [3.05, 3.63) is 75.5 Å². The Hall–Kier alpha value is -3.89. The second-order valence-corrected chi connectivity index (χ2v) is 11.3. The minimum Gasteiger partial charge on any atom is -0.462 e. The average Bonchev–Trinajstić information content (AvgIpc) is 3.38. The first kappa shape index (κ1) is 29.6. The molecule has 5 rings (SSSR count). The van der Waals surface area contributed by atoms with Crippen molar-refractivity contribution < 1.29 is 9.53 Å². The Morgan fingerprint density at radius 2 is 1.74 bits per heavy atom. The summed E-state index contributed by atoms with van der Waals surface area (Å²) in [5, 5.41) is 4.58. The summed E-state index contributed by atoms with van der Waals surface area (Å²) in [6, 6.07) is 16.8. The normalized spacial score (nSPS) is 13.8. The number of guanidine groups is 1. The fourth-order valence-corrected chi connectivity index (χ4v) is 6.22. The van der Waals surface area contributed by atoms with Gasteiger partial charge in [-0.25, -0.2) is 19.3 Å². The average molecular weight is 607 g/mol. The molecular weight excluding hydrogens is 572 g/mol. The lowest BCUT2D eigenvalue weighted by atomic mass is 10.1. The monoisotopic (exact) mass is 606 g/mol. The molecule has 2 aromatic heterocycles. The van der Waals surface area contributed by atoms with Gasteiger partial charge in [0.15, 0.2) is 0 Å². The highest BCUT2D eigenvalue weighted by Crippen LogP contribution is 2.38. The van der Waals surface area contributed by atoms with Crippen LogP contribution in [0.5, 0.6) is 0 Å². The van der Waals surface area contributed by atoms with Crippen molar-refractivity contribution in [3.8, 4) is 5.69 Å². The minimum atomic E-state index is -0.600. The highest BCUT2D eigenvalue weighted by Gasteiger charge is 2.29. The number of benzene rings is 2. The first-order valence-electron chi connectivity index (χ1n) is 14.4. The Balaban J connectivity index is 1.76. The molecule has 0 unspecified atom stereocenters. The summed E-state index contributed by atoms with van der Waals surface area (Å²) in [4.78, 5) is 42.5. The summed E-state index contributed by atoms with van der Waals surface area (Å²) >= 11 is 7.33. The quantitative estimate of drug-likeness (QED) is 0.135. The highest BCUT2D eigenvalue weighted by molar-refractivity contribution is 7.22. The van der Waals surface area contributed by atoms with E-state index in [-0.39, 0.29) is 23.1 Å². The maximum absolute atomic E-state index is 14.4. The van der Waals surface area contributed by atoms with Crippen LogP contribution in [0.15, 0.2) is 64.4 Å². The van der Waals surface area contributed by atoms with Crippen LogP contribution in [0.3, 0.4) is 0 Å². The predicted molar refractivity (Wildman–Crippen MR) is 172 cm³/mol. The zero-order chi connectivity index (χ0) is 29.6. The number of esters is 1. The molecule has 220 valence electrons. The number of aromatic nitrogens is 2. The van der Waals surface area contributed by atoms with Crippen LogP contribution in [0.1, 0.15) is 50.4 Å². The van der Waals surface area contributed by atoms with Crippen LogP contribution in [-0.2, 0) is 4.74 Å². The van der Waals surface area contributed by atoms with E-state index >= 15 is 0 Å². The van der Waals surface area contributed by atoms with E-state index in [1.54, 1.807) is 23.6 Å². The van der Waals surface area contributed by atoms with E-state index in [9.17, 15) is 9.59 Å². The van der Waals surface area contributed by atoms with Gasteiger partial charge in [0.25, 0.3) is 5.56 Å². The van der Waals surface area contributed by atoms with Gasteiger partial charge in [-0.2, -0.15) is 0 Å². The fraction of sp³-hybridized carbons (Fsp3) is 0.355. The predicted octanol–water partition coefficient (Wildman–Crippen LogP) is 6.71. The van der Waals surface area contributed by atoms with Crippen molar-refractivity contribution >= 4 is 61.7 Å². The molecular formula is C31H35ClN6O3S. The molecule has 4 aromatic rings. The second kappa shape index (κ2) is 13.4. The number of halogens is 1. The Morgan fingerprint density at radius 3 is 2.38 bits per heavy atom. The number of piperidine rings is 1. The van der Waals surface area contributed by atoms with Crippen LogP contribution in [0, 0.1) is 0 Å². The summed E-state index contributed by atoms with van der Waals surface area (Å²) in [6.07, 6.45) is 3.20. The number of hydrogen-bond donors (Lipinski definition) is 1. The van der Waals surface area contributed by atoms with Gasteiger partial charge in [-0.15, -0.1) is 0 Å². The molecule has 0 spiro atoms. The summed E-state index contributed by atoms with van der Waals surface area (Å²) < 4.78 is 7.09. The van der Waals surface area contributed by atoms with E-state index < -0.39 is 5.97 Å². The molecule has 11 heteroatoms. The second-order valence-electron chi connectivity index (χ2n) is 9.86. The standard InChI is InChI=1S/C31H35ClN6O3S/c1-4-36(5-2)30(33-22-17-15-21(32)16-18-22)34-27-25(29(40)41-6-3)24-26(42-27)35-31(37-19-11-8-12-20-37)38(28(24)39)23-13-9-7-10-14-23/h7,9-10,13-18H,4-6,8,11-12,19-20H2,1-3H3,(H,33,34). The first-order valence-corrected chi connectivity index (χ1v) is 15.6. The van der Waals surface area contributed by atoms with Gasteiger partial charge in [-0.1, -0.05) is 41.1 Å². The van der Waals surface area contributed by atoms with Crippen molar-refractivity contribution in [2.75, 3.05) is 43.0 Å². The molecule has 1 N–H and O–H groups in total. The lowest BCUT2D eigenvalue weighted by molar-refractivity contribution is 0.0530. The number of carbonyl (C=O) groups excluding carboxylic acids is 1. The zero-order valence-electron chi connectivity index (χ0n) is 24.1. The van der Waals surface area contributed by atoms with E-state index in [2.05, 4.69) is 10.2 Å². The van der Waals surface area contributed by atoms with E-state index in [1.807, 2.05) is 61.2 Å². The number of thiophene rings is 1. The molecule has 1 fully saturated rings. The molecule has 2 aromatic carbocycles. The lowest BCUT2D eigenvalue weighted by Crippen LogP contribution is -2.36. The van der Waals surface area contributed by atoms with Crippen LogP contribution in [-0.4, -0.2) is 59.2 Å². The van der Waals surface area contributed by atoms with Gasteiger partial charge in [-0.05, 0) is 76.4 Å². The van der Waals surface area contributed by atoms with Gasteiger partial charge in [0.05, 0.1) is 17.7 Å². The van der Waals surface area contributed by atoms with Gasteiger partial charge >= 0.3 is 5.97 Å². The molecule has 0 radical (unpaired) electrons. The fourth-order valence-electron chi connectivity index (χ4n) is 5.07. The Labute approximate surface area is 254 Å². The topological polar surface area (TPSA) is 92.1 Å². The maximum Gasteiger partial charge on any atom is 0.342 e. The van der Waals surface area contributed by atoms with Gasteiger partial charge in [0.2, 0.25) is 11.9 Å². The van der Waals surface area contributed by atoms with E-state index in [1.165, 1.54) is 11.3 Å². The zero-order valence-corrected chi connectivity index (χ0v) is 25.7. The van der Waals surface area contributed by atoms with Crippen molar-refractivity contribution in [2.24, 2.45) is 4.99 Å². The number of carbonyl (C=O) groups is 1. The van der Waals surface area contributed by atoms with Crippen molar-refractivity contribution in [1.82, 2.24) is 14.5 Å². The molecule has 0 aliphatic carbocycles. The number of ether oxygens (including phenoxy) is 1. The molecule has 1 aliphatic heterocycles. The van der Waals surface area contributed by atoms with Crippen LogP contribution in [0.2, 0.25) is 5.02 Å². The number of anilines is 2. The number of hydrogen-bond acceptors (Lipinski definition) is 7. The Kier molecular flexibility index (Phi) is 9.44. The van der Waals surface area contributed by atoms with Crippen molar-refractivity contribution in [1.29, 1.82) is 0 Å². The maximum atomic E-state index is 14.4. The third-order valence-corrected chi connectivity index (χ3v) is 8.42. The van der Waals surface area contributed by atoms with E-state index in [0.717, 1.165) is 38.0 Å². The third kappa shape index (κ3) is 6.15. The molecule has 0 atom stereocenters. The SMILES string of the molecule is CCOC(=O)c1c(/N=C(/Nc2ccc(Cl)cc2)N(CC)CC)sc2nc(N3CCCCC3)n(-c3ccccc3)c(=O)c12. The minimum absolute atomic E-state index is 0.131. The molecule has 0 bridgehead atoms. The van der Waals surface area contributed by atoms with Gasteiger partial charge < -0.3 is 19.9 Å². The van der Waals surface area contributed by atoms with E-state index in [0.29, 0.717) is 45.5 Å². The number of para-hydroxylation sites is 1. The Bertz CT molecular complexity index is 1620. The molecule has 0 saturated carbocycles. The number of rotatable bonds is 8. The van der Waals surface area contributed by atoms with Gasteiger partial charge in [0.1, 0.15) is 15.4 Å². The van der Waals surface area contributed by atoms with E-state index in [4.69, 9.17) is 26.3 Å². The molecule has 0 amide bonds. The van der Waals surface area contributed by atoms with Gasteiger partial charge in [-0.3, -0.25) is 4.79 Å². The molecule has 9 nitrogen and oxygen atoms in total. The summed E-state index contributed by atoms with van der Waals surface area (Å²) in [7, 11) is 0. The molecule has 1 aliphatic rings. The number of aliphatic imine (C=N–C) groups is 1. The van der Waals surface area contributed by atoms with Crippen LogP contribution in [0.4, 0.5) is 16.6 Å². The smallest absolute Gasteiger partial charge is 0.342 e. The van der Waals surface area contributed by atoms with Crippen LogP contribution >= 0.6 is 22.9 Å². The summed E-state index contributed by atoms with van der Waals surface area (Å²) in [6.45, 7) is 8.94. The largest absolute Gasteiger partial charge is 0.462 e. The number of fused-ring (bicyclic) bond motifs is 1. The Morgan fingerprint density at radius 1 is 1.05 bits per heavy atom. The van der Waals surface area contributed by atoms with Crippen molar-refractivity contribution in [2.45, 2.75) is 40.0 Å². The third-order valence-electron chi connectivity index (χ3n) is 7.19. The van der Waals surface area contributed by atoms with Crippen LogP contribution < -0.4 is 15.8 Å².